The largest absolute Gasteiger partial charge is 0.383 e. The molecule has 1 aliphatic rings. The van der Waals surface area contributed by atoms with Gasteiger partial charge in [0.2, 0.25) is 0 Å². The molecule has 1 aromatic rings. The molecule has 1 aliphatic heterocycles. The molecule has 1 aromatic heterocycles. The lowest BCUT2D eigenvalue weighted by Gasteiger charge is -2.33. The molecule has 0 amide bonds. The predicted molar refractivity (Wildman–Crippen MR) is 127 cm³/mol. The van der Waals surface area contributed by atoms with Crippen LogP contribution in [-0.2, 0) is 17.8 Å². The molecule has 162 valence electrons. The summed E-state index contributed by atoms with van der Waals surface area (Å²) in [5.41, 5.74) is 3.48. The summed E-state index contributed by atoms with van der Waals surface area (Å²) in [6, 6.07) is 0.733. The quantitative estimate of drug-likeness (QED) is 0.233. The van der Waals surface area contributed by atoms with Crippen molar-refractivity contribution in [3.05, 3.63) is 17.0 Å². The van der Waals surface area contributed by atoms with Crippen molar-refractivity contribution >= 4 is 29.9 Å². The summed E-state index contributed by atoms with van der Waals surface area (Å²) >= 11 is 0. The second kappa shape index (κ2) is 13.4. The molecule has 0 aromatic carbocycles. The molecule has 1 saturated heterocycles. The lowest BCUT2D eigenvalue weighted by atomic mass is 10.0. The number of ether oxygens (including phenoxy) is 1. The van der Waals surface area contributed by atoms with Crippen LogP contribution < -0.4 is 10.6 Å². The molecule has 0 saturated carbocycles. The fourth-order valence-electron chi connectivity index (χ4n) is 3.76. The molecule has 2 N–H and O–H groups in total. The first kappa shape index (κ1) is 25.2. The second-order valence-corrected chi connectivity index (χ2v) is 7.45. The molecule has 1 fully saturated rings. The van der Waals surface area contributed by atoms with Crippen LogP contribution >= 0.6 is 24.0 Å². The minimum atomic E-state index is 0. The molecule has 0 radical (unpaired) electrons. The van der Waals surface area contributed by atoms with Gasteiger partial charge in [-0.3, -0.25) is 9.67 Å². The molecule has 8 heteroatoms. The lowest BCUT2D eigenvalue weighted by Crippen LogP contribution is -2.41. The Morgan fingerprint density at radius 1 is 1.25 bits per heavy atom. The van der Waals surface area contributed by atoms with Crippen molar-refractivity contribution in [2.24, 2.45) is 4.99 Å². The monoisotopic (exact) mass is 506 g/mol. The predicted octanol–water partition coefficient (Wildman–Crippen LogP) is 2.69. The Morgan fingerprint density at radius 3 is 2.71 bits per heavy atom. The number of aliphatic imine (C=N–C) groups is 1. The number of halogens is 1. The normalized spacial score (nSPS) is 18.0. The van der Waals surface area contributed by atoms with E-state index in [0.29, 0.717) is 6.61 Å². The van der Waals surface area contributed by atoms with E-state index < -0.39 is 0 Å². The van der Waals surface area contributed by atoms with Crippen molar-refractivity contribution in [3.63, 3.8) is 0 Å². The van der Waals surface area contributed by atoms with E-state index in [9.17, 15) is 0 Å². The molecule has 0 aliphatic carbocycles. The van der Waals surface area contributed by atoms with E-state index in [1.54, 1.807) is 7.11 Å². The molecular weight excluding hydrogens is 467 g/mol. The summed E-state index contributed by atoms with van der Waals surface area (Å²) < 4.78 is 7.18. The third-order valence-electron chi connectivity index (χ3n) is 5.55. The highest BCUT2D eigenvalue weighted by molar-refractivity contribution is 14.0. The summed E-state index contributed by atoms with van der Waals surface area (Å²) in [6.45, 7) is 12.1. The first-order valence-electron chi connectivity index (χ1n) is 10.3. The molecule has 1 atom stereocenters. The number of nitrogens with one attached hydrogen (secondary N) is 2. The number of nitrogens with zero attached hydrogens (tertiary/aromatic N) is 4. The van der Waals surface area contributed by atoms with Gasteiger partial charge < -0.3 is 20.3 Å². The third-order valence-corrected chi connectivity index (χ3v) is 5.55. The maximum Gasteiger partial charge on any atom is 0.191 e. The van der Waals surface area contributed by atoms with Crippen LogP contribution in [0, 0.1) is 13.8 Å². The van der Waals surface area contributed by atoms with Crippen molar-refractivity contribution in [1.29, 1.82) is 0 Å². The van der Waals surface area contributed by atoms with E-state index in [2.05, 4.69) is 46.4 Å². The zero-order valence-corrected chi connectivity index (χ0v) is 20.6. The molecule has 2 heterocycles. The van der Waals surface area contributed by atoms with Gasteiger partial charge in [-0.25, -0.2) is 0 Å². The highest BCUT2D eigenvalue weighted by atomic mass is 127. The number of aryl methyl sites for hydroxylation is 1. The highest BCUT2D eigenvalue weighted by Crippen LogP contribution is 2.16. The number of rotatable bonds is 9. The average Bonchev–Trinajstić information content (AvgIpc) is 2.94. The molecule has 0 bridgehead atoms. The zero-order valence-electron chi connectivity index (χ0n) is 18.3. The smallest absolute Gasteiger partial charge is 0.191 e. The Balaban J connectivity index is 0.00000392. The van der Waals surface area contributed by atoms with E-state index in [1.165, 1.54) is 37.1 Å². The van der Waals surface area contributed by atoms with Crippen molar-refractivity contribution in [2.45, 2.75) is 65.6 Å². The lowest BCUT2D eigenvalue weighted by molar-refractivity contribution is 0.159. The number of guanidine groups is 1. The van der Waals surface area contributed by atoms with Gasteiger partial charge in [-0.15, -0.1) is 24.0 Å². The van der Waals surface area contributed by atoms with Crippen LogP contribution in [0.25, 0.3) is 0 Å². The first-order chi connectivity index (χ1) is 13.1. The number of hydrogen-bond donors (Lipinski definition) is 2. The maximum atomic E-state index is 5.16. The maximum absolute atomic E-state index is 5.16. The summed E-state index contributed by atoms with van der Waals surface area (Å²) in [5, 5.41) is 11.5. The van der Waals surface area contributed by atoms with Gasteiger partial charge in [0.05, 0.1) is 18.8 Å². The van der Waals surface area contributed by atoms with Gasteiger partial charge in [0.1, 0.15) is 0 Å². The number of hydrogen-bond acceptors (Lipinski definition) is 4. The Labute approximate surface area is 187 Å². The Morgan fingerprint density at radius 2 is 2.04 bits per heavy atom. The second-order valence-electron chi connectivity index (χ2n) is 7.45. The van der Waals surface area contributed by atoms with E-state index in [4.69, 9.17) is 4.74 Å². The molecule has 28 heavy (non-hydrogen) atoms. The SMILES string of the molecule is CN=C(NCCCN1CCCCC1C)NCc1c(C)nn(CCOC)c1C.I. The van der Waals surface area contributed by atoms with Crippen LogP contribution in [0.3, 0.4) is 0 Å². The topological polar surface area (TPSA) is 66.7 Å². The highest BCUT2D eigenvalue weighted by Gasteiger charge is 2.17. The standard InChI is InChI=1S/C20H38N6O.HI/c1-16-9-6-7-11-25(16)12-8-10-22-20(21-4)23-15-19-17(2)24-26(18(19)3)13-14-27-5;/h16H,6-15H2,1-5H3,(H2,21,22,23);1H. The van der Waals surface area contributed by atoms with Gasteiger partial charge in [-0.1, -0.05) is 6.42 Å². The molecule has 2 rings (SSSR count). The van der Waals surface area contributed by atoms with Gasteiger partial charge in [-0.05, 0) is 46.6 Å². The van der Waals surface area contributed by atoms with Crippen LogP contribution in [-0.4, -0.2) is 67.1 Å². The van der Waals surface area contributed by atoms with Crippen molar-refractivity contribution in [1.82, 2.24) is 25.3 Å². The van der Waals surface area contributed by atoms with Crippen LogP contribution in [0.2, 0.25) is 0 Å². The van der Waals surface area contributed by atoms with Crippen LogP contribution in [0.15, 0.2) is 4.99 Å². The van der Waals surface area contributed by atoms with Crippen molar-refractivity contribution in [3.8, 4) is 0 Å². The van der Waals surface area contributed by atoms with Crippen LogP contribution in [0.4, 0.5) is 0 Å². The van der Waals surface area contributed by atoms with Gasteiger partial charge in [0, 0.05) is 51.1 Å². The molecular formula is C20H39IN6O. The minimum Gasteiger partial charge on any atom is -0.383 e. The number of methoxy groups -OCH3 is 1. The summed E-state index contributed by atoms with van der Waals surface area (Å²) in [7, 11) is 3.54. The summed E-state index contributed by atoms with van der Waals surface area (Å²) in [5.74, 6) is 0.852. The number of aromatic nitrogens is 2. The van der Waals surface area contributed by atoms with E-state index in [0.717, 1.165) is 50.3 Å². The summed E-state index contributed by atoms with van der Waals surface area (Å²) in [6.07, 6.45) is 5.20. The third kappa shape index (κ3) is 7.51. The van der Waals surface area contributed by atoms with Gasteiger partial charge in [-0.2, -0.15) is 5.10 Å². The average molecular weight is 506 g/mol. The number of piperidine rings is 1. The zero-order chi connectivity index (χ0) is 19.6. The molecule has 1 unspecified atom stereocenters. The van der Waals surface area contributed by atoms with E-state index in [1.807, 2.05) is 11.7 Å². The van der Waals surface area contributed by atoms with Crippen LogP contribution in [0.5, 0.6) is 0 Å². The van der Waals surface area contributed by atoms with Crippen molar-refractivity contribution < 1.29 is 4.74 Å². The van der Waals surface area contributed by atoms with E-state index >= 15 is 0 Å². The van der Waals surface area contributed by atoms with Crippen molar-refractivity contribution in [2.75, 3.05) is 40.4 Å². The van der Waals surface area contributed by atoms with Crippen LogP contribution in [0.1, 0.15) is 49.6 Å². The van der Waals surface area contributed by atoms with Gasteiger partial charge >= 0.3 is 0 Å². The Hall–Kier alpha value is -0.870. The fraction of sp³-hybridized carbons (Fsp3) is 0.800. The van der Waals surface area contributed by atoms with E-state index in [-0.39, 0.29) is 24.0 Å². The first-order valence-corrected chi connectivity index (χ1v) is 10.3. The molecule has 0 spiro atoms. The van der Waals surface area contributed by atoms with Gasteiger partial charge in [0.25, 0.3) is 0 Å². The van der Waals surface area contributed by atoms with Gasteiger partial charge in [0.15, 0.2) is 5.96 Å². The number of likely N-dealkylation sites (tertiary alicyclic amines) is 1. The summed E-state index contributed by atoms with van der Waals surface area (Å²) in [4.78, 5) is 6.97. The molecule has 7 nitrogen and oxygen atoms in total. The Kier molecular flexibility index (Phi) is 12.0. The minimum absolute atomic E-state index is 0. The Bertz CT molecular complexity index is 604. The fourth-order valence-corrected chi connectivity index (χ4v) is 3.76.